The van der Waals surface area contributed by atoms with Crippen molar-refractivity contribution in [2.45, 2.75) is 6.85 Å². The van der Waals surface area contributed by atoms with Gasteiger partial charge in [-0.15, -0.1) is 0 Å². The van der Waals surface area contributed by atoms with Crippen LogP contribution in [0.1, 0.15) is 9.12 Å². The Labute approximate surface area is 130 Å². The van der Waals surface area contributed by atoms with Gasteiger partial charge in [0, 0.05) is 15.4 Å². The van der Waals surface area contributed by atoms with E-state index in [9.17, 15) is 0 Å². The highest BCUT2D eigenvalue weighted by atomic mass is 32.1. The highest BCUT2D eigenvalue weighted by Crippen LogP contribution is 2.30. The van der Waals surface area contributed by atoms with E-state index in [1.54, 1.807) is 0 Å². The van der Waals surface area contributed by atoms with Crippen molar-refractivity contribution in [1.29, 1.82) is 0 Å². The summed E-state index contributed by atoms with van der Waals surface area (Å²) in [5.41, 5.74) is 2.44. The molecule has 102 valence electrons. The van der Waals surface area contributed by atoms with Crippen LogP contribution in [0.15, 0.2) is 60.7 Å². The number of aromatic nitrogens is 3. The molecule has 0 bridgehead atoms. The molecular weight excluding hydrogens is 278 g/mol. The molecule has 4 heteroatoms. The molecule has 0 spiro atoms. The van der Waals surface area contributed by atoms with Crippen LogP contribution in [0.4, 0.5) is 0 Å². The lowest BCUT2D eigenvalue weighted by molar-refractivity contribution is 1.07. The zero-order chi connectivity index (χ0) is 16.7. The van der Waals surface area contributed by atoms with Gasteiger partial charge < -0.3 is 0 Å². The molecule has 2 aromatic heterocycles. The second-order valence-electron chi connectivity index (χ2n) is 4.62. The molecule has 0 unspecified atom stereocenters. The Morgan fingerprint density at radius 3 is 2.38 bits per heavy atom. The SMILES string of the molecule is [2H]C([2H])([2H])c1nc2c(nc(-c3ccccc3)n2-c2ccccc2)s1. The predicted octanol–water partition coefficient (Wildman–Crippen LogP) is 4.46. The van der Waals surface area contributed by atoms with Crippen LogP contribution in [0, 0.1) is 6.85 Å². The molecule has 2 heterocycles. The molecule has 2 aromatic carbocycles. The maximum atomic E-state index is 7.58. The molecule has 0 aliphatic carbocycles. The molecule has 21 heavy (non-hydrogen) atoms. The van der Waals surface area contributed by atoms with Crippen molar-refractivity contribution in [3.8, 4) is 17.1 Å². The van der Waals surface area contributed by atoms with Crippen molar-refractivity contribution in [2.75, 3.05) is 0 Å². The minimum absolute atomic E-state index is 0.115. The van der Waals surface area contributed by atoms with E-state index in [1.807, 2.05) is 65.2 Å². The summed E-state index contributed by atoms with van der Waals surface area (Å²) < 4.78 is 24.7. The highest BCUT2D eigenvalue weighted by molar-refractivity contribution is 7.18. The summed E-state index contributed by atoms with van der Waals surface area (Å²) in [6.45, 7) is -2.22. The van der Waals surface area contributed by atoms with E-state index in [2.05, 4.69) is 9.97 Å². The first-order chi connectivity index (χ1) is 11.5. The van der Waals surface area contributed by atoms with Gasteiger partial charge in [0.05, 0.1) is 5.01 Å². The van der Waals surface area contributed by atoms with Crippen LogP contribution >= 0.6 is 11.3 Å². The first kappa shape index (κ1) is 9.47. The molecule has 0 saturated heterocycles. The van der Waals surface area contributed by atoms with Gasteiger partial charge in [-0.2, -0.15) is 0 Å². The lowest BCUT2D eigenvalue weighted by atomic mass is 10.2. The Hall–Kier alpha value is -2.46. The van der Waals surface area contributed by atoms with Crippen LogP contribution in [0.2, 0.25) is 0 Å². The largest absolute Gasteiger partial charge is 0.276 e. The van der Waals surface area contributed by atoms with E-state index in [1.165, 1.54) is 0 Å². The van der Waals surface area contributed by atoms with Crippen LogP contribution in [0.5, 0.6) is 0 Å². The standard InChI is InChI=1S/C17H13N3S/c1-12-18-16-17(21-12)19-15(13-8-4-2-5-9-13)20(16)14-10-6-3-7-11-14/h2-11H,1H3/i1D3. The van der Waals surface area contributed by atoms with Crippen molar-refractivity contribution in [3.63, 3.8) is 0 Å². The molecule has 0 atom stereocenters. The number of para-hydroxylation sites is 1. The van der Waals surface area contributed by atoms with Gasteiger partial charge >= 0.3 is 0 Å². The average molecular weight is 294 g/mol. The summed E-state index contributed by atoms with van der Waals surface area (Å²) in [5, 5.41) is 0.115. The lowest BCUT2D eigenvalue weighted by Crippen LogP contribution is -1.98. The van der Waals surface area contributed by atoms with Gasteiger partial charge in [0.2, 0.25) is 0 Å². The van der Waals surface area contributed by atoms with Gasteiger partial charge in [-0.25, -0.2) is 9.97 Å². The monoisotopic (exact) mass is 294 g/mol. The summed E-state index contributed by atoms with van der Waals surface area (Å²) in [4.78, 5) is 9.65. The third kappa shape index (κ3) is 2.04. The zero-order valence-electron chi connectivity index (χ0n) is 14.0. The molecule has 3 nitrogen and oxygen atoms in total. The molecule has 0 aliphatic heterocycles. The summed E-state index contributed by atoms with van der Waals surface area (Å²) in [7, 11) is 0. The van der Waals surface area contributed by atoms with Gasteiger partial charge in [-0.3, -0.25) is 4.57 Å². The van der Waals surface area contributed by atoms with Gasteiger partial charge in [0.25, 0.3) is 0 Å². The second-order valence-corrected chi connectivity index (χ2v) is 5.60. The molecule has 0 fully saturated rings. The first-order valence-electron chi connectivity index (χ1n) is 8.04. The number of thiazole rings is 1. The number of rotatable bonds is 2. The van der Waals surface area contributed by atoms with Crippen LogP contribution in [-0.4, -0.2) is 14.5 Å². The van der Waals surface area contributed by atoms with Gasteiger partial charge in [-0.05, 0) is 19.0 Å². The fourth-order valence-corrected chi connectivity index (χ4v) is 3.05. The Kier molecular flexibility index (Phi) is 2.18. The number of hydrogen-bond acceptors (Lipinski definition) is 3. The van der Waals surface area contributed by atoms with Gasteiger partial charge in [0.15, 0.2) is 10.5 Å². The van der Waals surface area contributed by atoms with Gasteiger partial charge in [-0.1, -0.05) is 59.9 Å². The quantitative estimate of drug-likeness (QED) is 0.546. The van der Waals surface area contributed by atoms with Crippen LogP contribution in [0.3, 0.4) is 0 Å². The smallest absolute Gasteiger partial charge is 0.176 e. The topological polar surface area (TPSA) is 30.7 Å². The van der Waals surface area contributed by atoms with E-state index in [-0.39, 0.29) is 5.01 Å². The number of benzene rings is 2. The predicted molar refractivity (Wildman–Crippen MR) is 86.9 cm³/mol. The number of aryl methyl sites for hydroxylation is 1. The Morgan fingerprint density at radius 2 is 1.67 bits per heavy atom. The first-order valence-corrected chi connectivity index (χ1v) is 7.36. The second kappa shape index (κ2) is 4.82. The Balaban J connectivity index is 2.01. The number of fused-ring (bicyclic) bond motifs is 1. The summed E-state index contributed by atoms with van der Waals surface area (Å²) in [5.74, 6) is 0.757. The molecule has 0 radical (unpaired) electrons. The molecule has 4 aromatic rings. The highest BCUT2D eigenvalue weighted by Gasteiger charge is 2.17. The molecular formula is C17H13N3S. The number of nitrogens with zero attached hydrogens (tertiary/aromatic N) is 3. The van der Waals surface area contributed by atoms with E-state index in [0.717, 1.165) is 28.4 Å². The molecule has 0 amide bonds. The van der Waals surface area contributed by atoms with Crippen LogP contribution < -0.4 is 0 Å². The van der Waals surface area contributed by atoms with Crippen molar-refractivity contribution in [2.24, 2.45) is 0 Å². The maximum absolute atomic E-state index is 7.58. The van der Waals surface area contributed by atoms with E-state index >= 15 is 0 Å². The minimum atomic E-state index is -2.22. The van der Waals surface area contributed by atoms with E-state index in [0.29, 0.717) is 10.5 Å². The van der Waals surface area contributed by atoms with E-state index in [4.69, 9.17) is 4.11 Å². The van der Waals surface area contributed by atoms with Crippen molar-refractivity contribution in [1.82, 2.24) is 14.5 Å². The van der Waals surface area contributed by atoms with Crippen molar-refractivity contribution < 1.29 is 4.11 Å². The number of imidazole rings is 1. The third-order valence-corrected chi connectivity index (χ3v) is 4.02. The Morgan fingerprint density at radius 1 is 0.952 bits per heavy atom. The maximum Gasteiger partial charge on any atom is 0.176 e. The summed E-state index contributed by atoms with van der Waals surface area (Å²) >= 11 is 1.12. The fourth-order valence-electron chi connectivity index (χ4n) is 2.37. The van der Waals surface area contributed by atoms with Crippen molar-refractivity contribution in [3.05, 3.63) is 65.7 Å². The lowest BCUT2D eigenvalue weighted by Gasteiger charge is -2.08. The Bertz CT molecular complexity index is 989. The fraction of sp³-hybridized carbons (Fsp3) is 0.0588. The third-order valence-electron chi connectivity index (χ3n) is 3.27. The van der Waals surface area contributed by atoms with Gasteiger partial charge in [0.1, 0.15) is 5.82 Å². The minimum Gasteiger partial charge on any atom is -0.276 e. The summed E-state index contributed by atoms with van der Waals surface area (Å²) in [6.07, 6.45) is 0. The summed E-state index contributed by atoms with van der Waals surface area (Å²) in [6, 6.07) is 19.6. The normalized spacial score (nSPS) is 13.8. The molecule has 0 aliphatic rings. The molecule has 0 saturated carbocycles. The molecule has 4 rings (SSSR count). The molecule has 0 N–H and O–H groups in total. The van der Waals surface area contributed by atoms with E-state index < -0.39 is 6.85 Å². The van der Waals surface area contributed by atoms with Crippen LogP contribution in [-0.2, 0) is 0 Å². The average Bonchev–Trinajstić information content (AvgIpc) is 3.14. The number of hydrogen-bond donors (Lipinski definition) is 0. The van der Waals surface area contributed by atoms with Crippen LogP contribution in [0.25, 0.3) is 27.6 Å². The van der Waals surface area contributed by atoms with Crippen molar-refractivity contribution >= 4 is 21.8 Å². The zero-order valence-corrected chi connectivity index (χ0v) is 11.8.